The molecule has 1 atom stereocenters. The Kier molecular flexibility index (Phi) is 8.02. The van der Waals surface area contributed by atoms with Crippen molar-refractivity contribution in [3.63, 3.8) is 0 Å². The molecule has 8 nitrogen and oxygen atoms in total. The smallest absolute Gasteiger partial charge is 0.238 e. The monoisotopic (exact) mass is 606 g/mol. The molecule has 11 heteroatoms. The second kappa shape index (κ2) is 11.5. The number of nitrogens with zero attached hydrogens (tertiary/aromatic N) is 3. The minimum atomic E-state index is -3.93. The maximum absolute atomic E-state index is 13.5. The van der Waals surface area contributed by atoms with Crippen LogP contribution >= 0.6 is 23.2 Å². The van der Waals surface area contributed by atoms with E-state index in [1.54, 1.807) is 60.7 Å². The number of carbonyl (C=O) groups is 1. The van der Waals surface area contributed by atoms with Crippen molar-refractivity contribution in [3.8, 4) is 11.8 Å². The molecule has 0 spiro atoms. The fraction of sp³-hybridized carbons (Fsp3) is 0.167. The fourth-order valence-corrected chi connectivity index (χ4v) is 6.14. The second-order valence-electron chi connectivity index (χ2n) is 9.49. The van der Waals surface area contributed by atoms with Crippen LogP contribution < -0.4 is 14.8 Å². The Morgan fingerprint density at radius 2 is 1.78 bits per heavy atom. The molecule has 2 aliphatic rings. The molecule has 1 unspecified atom stereocenters. The number of methoxy groups -OCH3 is 1. The van der Waals surface area contributed by atoms with Gasteiger partial charge >= 0.3 is 0 Å². The average molecular weight is 608 g/mol. The number of nitriles is 1. The summed E-state index contributed by atoms with van der Waals surface area (Å²) in [6.45, 7) is 0. The average Bonchev–Trinajstić information content (AvgIpc) is 2.95. The molecule has 208 valence electrons. The molecule has 1 aliphatic carbocycles. The highest BCUT2D eigenvalue weighted by molar-refractivity contribution is 7.89. The van der Waals surface area contributed by atoms with Crippen LogP contribution in [0, 0.1) is 11.3 Å². The van der Waals surface area contributed by atoms with E-state index in [2.05, 4.69) is 6.07 Å². The molecule has 3 aromatic rings. The van der Waals surface area contributed by atoms with Crippen LogP contribution in [-0.2, 0) is 14.8 Å². The lowest BCUT2D eigenvalue weighted by molar-refractivity contribution is -0.116. The van der Waals surface area contributed by atoms with Crippen molar-refractivity contribution in [1.82, 2.24) is 0 Å². The summed E-state index contributed by atoms with van der Waals surface area (Å²) in [6.07, 6.45) is 3.07. The highest BCUT2D eigenvalue weighted by atomic mass is 35.5. The summed E-state index contributed by atoms with van der Waals surface area (Å²) >= 11 is 12.8. The Bertz CT molecular complexity index is 1770. The van der Waals surface area contributed by atoms with Crippen LogP contribution in [0.2, 0.25) is 10.0 Å². The number of rotatable bonds is 6. The number of ether oxygens (including phenoxy) is 1. The van der Waals surface area contributed by atoms with Crippen molar-refractivity contribution < 1.29 is 17.9 Å². The fourth-order valence-electron chi connectivity index (χ4n) is 5.11. The molecule has 0 saturated heterocycles. The van der Waals surface area contributed by atoms with Crippen molar-refractivity contribution in [2.45, 2.75) is 30.1 Å². The Morgan fingerprint density at radius 1 is 1.07 bits per heavy atom. The molecule has 3 aromatic carbocycles. The standard InChI is InChI=1S/C30H24Cl2N4O4S/c1-40-21-10-5-18(6-11-21)17-35-30-24(16-33)28(23-14-7-19(31)15-25(23)32)29-26(3-2-4-27(29)37)36(30)20-8-12-22(13-9-20)41(34,38)39/h5-15,17,28H,2-4H2,1H3,(H2,34,38,39)/b35-17+. The van der Waals surface area contributed by atoms with Gasteiger partial charge in [-0.25, -0.2) is 18.5 Å². The van der Waals surface area contributed by atoms with Gasteiger partial charge in [-0.2, -0.15) is 5.26 Å². The van der Waals surface area contributed by atoms with E-state index in [-0.39, 0.29) is 22.1 Å². The van der Waals surface area contributed by atoms with Crippen LogP contribution in [-0.4, -0.2) is 27.5 Å². The van der Waals surface area contributed by atoms with Gasteiger partial charge in [0, 0.05) is 39.6 Å². The highest BCUT2D eigenvalue weighted by Crippen LogP contribution is 2.49. The number of halogens is 2. The number of primary sulfonamides is 1. The second-order valence-corrected chi connectivity index (χ2v) is 11.9. The number of carbonyl (C=O) groups excluding carboxylic acids is 1. The summed E-state index contributed by atoms with van der Waals surface area (Å²) in [7, 11) is -2.35. The largest absolute Gasteiger partial charge is 0.497 e. The van der Waals surface area contributed by atoms with Gasteiger partial charge in [-0.15, -0.1) is 0 Å². The first kappa shape index (κ1) is 28.6. The summed E-state index contributed by atoms with van der Waals surface area (Å²) < 4.78 is 29.1. The highest BCUT2D eigenvalue weighted by Gasteiger charge is 2.41. The van der Waals surface area contributed by atoms with E-state index in [0.29, 0.717) is 57.6 Å². The summed E-state index contributed by atoms with van der Waals surface area (Å²) in [5.41, 5.74) is 3.17. The van der Waals surface area contributed by atoms with Crippen molar-refractivity contribution in [3.05, 3.63) is 111 Å². The number of aliphatic imine (C=N–C) groups is 1. The van der Waals surface area contributed by atoms with E-state index < -0.39 is 15.9 Å². The molecule has 2 N–H and O–H groups in total. The van der Waals surface area contributed by atoms with Gasteiger partial charge in [0.05, 0.1) is 29.6 Å². The van der Waals surface area contributed by atoms with Crippen LogP contribution in [0.25, 0.3) is 0 Å². The molecular formula is C30H24Cl2N4O4S. The first-order valence-corrected chi connectivity index (χ1v) is 14.9. The Labute approximate surface area is 248 Å². The first-order valence-electron chi connectivity index (χ1n) is 12.6. The maximum Gasteiger partial charge on any atom is 0.238 e. The number of hydrogen-bond donors (Lipinski definition) is 1. The lowest BCUT2D eigenvalue weighted by Gasteiger charge is -2.39. The van der Waals surface area contributed by atoms with Gasteiger partial charge in [-0.05, 0) is 84.6 Å². The number of hydrogen-bond acceptors (Lipinski definition) is 7. The van der Waals surface area contributed by atoms with E-state index in [1.165, 1.54) is 12.1 Å². The zero-order valence-electron chi connectivity index (χ0n) is 21.8. The number of anilines is 1. The third kappa shape index (κ3) is 5.65. The SMILES string of the molecule is COc1ccc(/C=N/C2=C(C#N)C(c3ccc(Cl)cc3Cl)C3=C(CCCC3=O)N2c2ccc(S(N)(=O)=O)cc2)cc1. The molecule has 0 radical (unpaired) electrons. The molecular weight excluding hydrogens is 583 g/mol. The third-order valence-electron chi connectivity index (χ3n) is 7.00. The van der Waals surface area contributed by atoms with Gasteiger partial charge in [0.2, 0.25) is 10.0 Å². The lowest BCUT2D eigenvalue weighted by atomic mass is 9.75. The Morgan fingerprint density at radius 3 is 2.39 bits per heavy atom. The zero-order valence-corrected chi connectivity index (χ0v) is 24.2. The summed E-state index contributed by atoms with van der Waals surface area (Å²) in [5, 5.41) is 16.6. The Hall–Kier alpha value is -3.94. The summed E-state index contributed by atoms with van der Waals surface area (Å²) in [4.78, 5) is 20.0. The molecule has 41 heavy (non-hydrogen) atoms. The quantitative estimate of drug-likeness (QED) is 0.337. The van der Waals surface area contributed by atoms with Crippen molar-refractivity contribution >= 4 is 50.9 Å². The number of benzene rings is 3. The van der Waals surface area contributed by atoms with E-state index >= 15 is 0 Å². The number of ketones is 1. The number of Topliss-reactive ketones (excluding diaryl/α,β-unsaturated/α-hetero) is 1. The van der Waals surface area contributed by atoms with Crippen LogP contribution in [0.15, 0.2) is 99.3 Å². The normalized spacial score (nSPS) is 17.6. The Balaban J connectivity index is 1.76. The molecule has 0 aromatic heterocycles. The number of sulfonamides is 1. The van der Waals surface area contributed by atoms with Gasteiger partial charge in [-0.3, -0.25) is 9.69 Å². The zero-order chi connectivity index (χ0) is 29.3. The minimum absolute atomic E-state index is 0.0641. The van der Waals surface area contributed by atoms with E-state index in [1.807, 2.05) is 12.1 Å². The molecule has 0 saturated carbocycles. The third-order valence-corrected chi connectivity index (χ3v) is 8.49. The van der Waals surface area contributed by atoms with Gasteiger partial charge in [0.15, 0.2) is 11.6 Å². The van der Waals surface area contributed by atoms with E-state index in [4.69, 9.17) is 38.1 Å². The predicted molar refractivity (Wildman–Crippen MR) is 159 cm³/mol. The molecule has 1 aliphatic heterocycles. The molecule has 5 rings (SSSR count). The number of nitrogens with two attached hydrogens (primary N) is 1. The molecule has 0 amide bonds. The number of allylic oxidation sites excluding steroid dienone is 3. The van der Waals surface area contributed by atoms with Gasteiger partial charge < -0.3 is 4.74 Å². The van der Waals surface area contributed by atoms with Gasteiger partial charge in [0.25, 0.3) is 0 Å². The van der Waals surface area contributed by atoms with Crippen LogP contribution in [0.1, 0.15) is 36.3 Å². The molecule has 1 heterocycles. The van der Waals surface area contributed by atoms with E-state index in [0.717, 1.165) is 5.56 Å². The predicted octanol–water partition coefficient (Wildman–Crippen LogP) is 6.11. The van der Waals surface area contributed by atoms with Gasteiger partial charge in [-0.1, -0.05) is 29.3 Å². The van der Waals surface area contributed by atoms with Crippen LogP contribution in [0.4, 0.5) is 5.69 Å². The topological polar surface area (TPSA) is 126 Å². The van der Waals surface area contributed by atoms with Crippen molar-refractivity contribution in [2.75, 3.05) is 12.0 Å². The summed E-state index contributed by atoms with van der Waals surface area (Å²) in [6, 6.07) is 20.4. The molecule has 0 fully saturated rings. The molecule has 0 bridgehead atoms. The van der Waals surface area contributed by atoms with Gasteiger partial charge in [0.1, 0.15) is 5.75 Å². The van der Waals surface area contributed by atoms with Crippen LogP contribution in [0.5, 0.6) is 5.75 Å². The summed E-state index contributed by atoms with van der Waals surface area (Å²) in [5.74, 6) is 0.104. The van der Waals surface area contributed by atoms with Crippen LogP contribution in [0.3, 0.4) is 0 Å². The first-order chi connectivity index (χ1) is 19.6. The van der Waals surface area contributed by atoms with Crippen molar-refractivity contribution in [2.24, 2.45) is 10.1 Å². The minimum Gasteiger partial charge on any atom is -0.497 e. The van der Waals surface area contributed by atoms with Crippen molar-refractivity contribution in [1.29, 1.82) is 5.26 Å². The maximum atomic E-state index is 13.5. The lowest BCUT2D eigenvalue weighted by Crippen LogP contribution is -2.35. The van der Waals surface area contributed by atoms with E-state index in [9.17, 15) is 18.5 Å².